The Morgan fingerprint density at radius 3 is 2.57 bits per heavy atom. The van der Waals surface area contributed by atoms with E-state index in [9.17, 15) is 9.59 Å². The number of hydrogen-bond donors (Lipinski definition) is 3. The van der Waals surface area contributed by atoms with Crippen molar-refractivity contribution in [3.05, 3.63) is 64.2 Å². The van der Waals surface area contributed by atoms with Gasteiger partial charge >= 0.3 is 0 Å². The van der Waals surface area contributed by atoms with Crippen LogP contribution >= 0.6 is 15.9 Å². The van der Waals surface area contributed by atoms with E-state index in [4.69, 9.17) is 9.52 Å². The molecule has 2 rings (SSSR count). The highest BCUT2D eigenvalue weighted by Gasteiger charge is 2.14. The molecule has 0 aliphatic heterocycles. The van der Waals surface area contributed by atoms with Crippen molar-refractivity contribution in [3.63, 3.8) is 0 Å². The predicted molar refractivity (Wildman–Crippen MR) is 88.4 cm³/mol. The molecule has 0 aliphatic carbocycles. The number of hydrogen-bond acceptors (Lipinski definition) is 4. The number of carbonyl (C=O) groups excluding carboxylic acids is 2. The van der Waals surface area contributed by atoms with Gasteiger partial charge in [-0.1, -0.05) is 15.9 Å². The molecule has 0 bridgehead atoms. The van der Waals surface area contributed by atoms with Gasteiger partial charge in [-0.2, -0.15) is 0 Å². The van der Waals surface area contributed by atoms with Gasteiger partial charge in [-0.25, -0.2) is 0 Å². The summed E-state index contributed by atoms with van der Waals surface area (Å²) in [6.07, 6.45) is 2.88. The smallest absolute Gasteiger partial charge is 0.268 e. The Kier molecular flexibility index (Phi) is 6.13. The summed E-state index contributed by atoms with van der Waals surface area (Å²) in [5.41, 5.74) is 0.440. The molecule has 1 heterocycles. The standard InChI is InChI=1S/C16H15BrN2O4/c17-12-5-3-11(4-6-12)15(21)19-14(16(22)18-7-8-20)10-13-2-1-9-23-13/h1-6,9-10,20H,7-8H2,(H,18,22)(H,19,21)/b14-10-. The molecule has 2 amide bonds. The molecule has 6 nitrogen and oxygen atoms in total. The van der Waals surface area contributed by atoms with E-state index in [-0.39, 0.29) is 18.8 Å². The van der Waals surface area contributed by atoms with Gasteiger partial charge < -0.3 is 20.2 Å². The van der Waals surface area contributed by atoms with E-state index in [1.165, 1.54) is 12.3 Å². The molecule has 7 heteroatoms. The van der Waals surface area contributed by atoms with Crippen LogP contribution in [0, 0.1) is 0 Å². The maximum absolute atomic E-state index is 12.2. The lowest BCUT2D eigenvalue weighted by Gasteiger charge is -2.10. The average molecular weight is 379 g/mol. The Labute approximate surface area is 141 Å². The van der Waals surface area contributed by atoms with E-state index in [0.717, 1.165) is 4.47 Å². The van der Waals surface area contributed by atoms with Crippen molar-refractivity contribution in [3.8, 4) is 0 Å². The van der Waals surface area contributed by atoms with Crippen LogP contribution in [0.2, 0.25) is 0 Å². The maximum atomic E-state index is 12.2. The molecule has 0 unspecified atom stereocenters. The van der Waals surface area contributed by atoms with Crippen LogP contribution in [0.25, 0.3) is 6.08 Å². The van der Waals surface area contributed by atoms with E-state index in [2.05, 4.69) is 26.6 Å². The molecule has 0 saturated carbocycles. The van der Waals surface area contributed by atoms with Crippen LogP contribution in [0.1, 0.15) is 16.1 Å². The highest BCUT2D eigenvalue weighted by Crippen LogP contribution is 2.11. The second-order valence-corrected chi connectivity index (χ2v) is 5.43. The summed E-state index contributed by atoms with van der Waals surface area (Å²) in [6, 6.07) is 10.1. The summed E-state index contributed by atoms with van der Waals surface area (Å²) in [6.45, 7) is -0.108. The van der Waals surface area contributed by atoms with Crippen LogP contribution in [0.15, 0.2) is 57.2 Å². The monoisotopic (exact) mass is 378 g/mol. The molecule has 0 atom stereocenters. The second-order valence-electron chi connectivity index (χ2n) is 4.51. The first-order chi connectivity index (χ1) is 11.1. The molecular formula is C16H15BrN2O4. The average Bonchev–Trinajstić information content (AvgIpc) is 3.05. The number of aliphatic hydroxyl groups is 1. The quantitative estimate of drug-likeness (QED) is 0.669. The zero-order valence-corrected chi connectivity index (χ0v) is 13.7. The van der Waals surface area contributed by atoms with E-state index >= 15 is 0 Å². The van der Waals surface area contributed by atoms with Gasteiger partial charge in [-0.15, -0.1) is 0 Å². The van der Waals surface area contributed by atoms with Crippen molar-refractivity contribution in [1.82, 2.24) is 10.6 Å². The van der Waals surface area contributed by atoms with E-state index < -0.39 is 11.8 Å². The first-order valence-electron chi connectivity index (χ1n) is 6.81. The third-order valence-corrected chi connectivity index (χ3v) is 3.36. The largest absolute Gasteiger partial charge is 0.465 e. The number of carbonyl (C=O) groups is 2. The van der Waals surface area contributed by atoms with Crippen LogP contribution in [0.4, 0.5) is 0 Å². The fourth-order valence-corrected chi connectivity index (χ4v) is 2.00. The van der Waals surface area contributed by atoms with Crippen molar-refractivity contribution in [1.29, 1.82) is 0 Å². The molecule has 120 valence electrons. The zero-order chi connectivity index (χ0) is 16.7. The third-order valence-electron chi connectivity index (χ3n) is 2.83. The highest BCUT2D eigenvalue weighted by molar-refractivity contribution is 9.10. The van der Waals surface area contributed by atoms with Crippen LogP contribution in [0.5, 0.6) is 0 Å². The number of aliphatic hydroxyl groups excluding tert-OH is 1. The number of amides is 2. The molecule has 1 aromatic heterocycles. The Morgan fingerprint density at radius 2 is 1.96 bits per heavy atom. The predicted octanol–water partition coefficient (Wildman–Crippen LogP) is 1.92. The molecule has 0 aliphatic rings. The van der Waals surface area contributed by atoms with Gasteiger partial charge in [-0.3, -0.25) is 9.59 Å². The molecule has 2 aromatic rings. The minimum Gasteiger partial charge on any atom is -0.465 e. The van der Waals surface area contributed by atoms with Crippen molar-refractivity contribution >= 4 is 33.8 Å². The topological polar surface area (TPSA) is 91.6 Å². The zero-order valence-electron chi connectivity index (χ0n) is 12.1. The van der Waals surface area contributed by atoms with Crippen molar-refractivity contribution in [2.75, 3.05) is 13.2 Å². The summed E-state index contributed by atoms with van der Waals surface area (Å²) >= 11 is 3.29. The van der Waals surface area contributed by atoms with E-state index in [1.807, 2.05) is 0 Å². The Hall–Kier alpha value is -2.38. The van der Waals surface area contributed by atoms with Gasteiger partial charge in [0.25, 0.3) is 11.8 Å². The van der Waals surface area contributed by atoms with E-state index in [1.54, 1.807) is 36.4 Å². The number of rotatable bonds is 6. The van der Waals surface area contributed by atoms with Crippen molar-refractivity contribution < 1.29 is 19.1 Å². The minimum atomic E-state index is -0.513. The van der Waals surface area contributed by atoms with Crippen LogP contribution < -0.4 is 10.6 Å². The molecule has 23 heavy (non-hydrogen) atoms. The summed E-state index contributed by atoms with van der Waals surface area (Å²) in [7, 11) is 0. The normalized spacial score (nSPS) is 11.1. The first kappa shape index (κ1) is 17.0. The number of benzene rings is 1. The molecule has 3 N–H and O–H groups in total. The van der Waals surface area contributed by atoms with Gasteiger partial charge in [0.15, 0.2) is 0 Å². The molecule has 0 radical (unpaired) electrons. The minimum absolute atomic E-state index is 0.0290. The van der Waals surface area contributed by atoms with Gasteiger partial charge in [0.1, 0.15) is 11.5 Å². The fraction of sp³-hybridized carbons (Fsp3) is 0.125. The molecule has 1 aromatic carbocycles. The lowest BCUT2D eigenvalue weighted by molar-refractivity contribution is -0.117. The molecular weight excluding hydrogens is 364 g/mol. The summed E-state index contributed by atoms with van der Waals surface area (Å²) in [4.78, 5) is 24.3. The Morgan fingerprint density at radius 1 is 1.22 bits per heavy atom. The number of halogens is 1. The lowest BCUT2D eigenvalue weighted by atomic mass is 10.2. The SMILES string of the molecule is O=C(NCCO)/C(=C/c1ccco1)NC(=O)c1ccc(Br)cc1. The Balaban J connectivity index is 2.18. The van der Waals surface area contributed by atoms with Gasteiger partial charge in [0.05, 0.1) is 12.9 Å². The van der Waals surface area contributed by atoms with Gasteiger partial charge in [-0.05, 0) is 36.4 Å². The maximum Gasteiger partial charge on any atom is 0.268 e. The lowest BCUT2D eigenvalue weighted by Crippen LogP contribution is -2.36. The van der Waals surface area contributed by atoms with Crippen LogP contribution in [-0.4, -0.2) is 30.1 Å². The Bertz CT molecular complexity index is 693. The molecule has 0 saturated heterocycles. The summed E-state index contributed by atoms with van der Waals surface area (Å²) < 4.78 is 6.01. The molecule has 0 fully saturated rings. The van der Waals surface area contributed by atoms with Crippen molar-refractivity contribution in [2.24, 2.45) is 0 Å². The third kappa shape index (κ3) is 5.08. The summed E-state index contributed by atoms with van der Waals surface area (Å²) in [5.74, 6) is -0.509. The summed E-state index contributed by atoms with van der Waals surface area (Å²) in [5, 5.41) is 13.8. The van der Waals surface area contributed by atoms with Crippen LogP contribution in [-0.2, 0) is 4.79 Å². The fourth-order valence-electron chi connectivity index (χ4n) is 1.73. The first-order valence-corrected chi connectivity index (χ1v) is 7.60. The molecule has 0 spiro atoms. The van der Waals surface area contributed by atoms with Crippen molar-refractivity contribution in [2.45, 2.75) is 0 Å². The van der Waals surface area contributed by atoms with Gasteiger partial charge in [0, 0.05) is 22.7 Å². The van der Waals surface area contributed by atoms with E-state index in [0.29, 0.717) is 11.3 Å². The highest BCUT2D eigenvalue weighted by atomic mass is 79.9. The van der Waals surface area contributed by atoms with Crippen LogP contribution in [0.3, 0.4) is 0 Å². The number of nitrogens with one attached hydrogen (secondary N) is 2. The van der Waals surface area contributed by atoms with Gasteiger partial charge in [0.2, 0.25) is 0 Å². The number of furan rings is 1. The second kappa shape index (κ2) is 8.30.